The Morgan fingerprint density at radius 3 is 0.792 bits per heavy atom. The SMILES string of the molecule is S=C(SCc1ccccc1)SC1(SC(=S)SCc2ccccc2)SC(SC(=S)SCc2ccccc2)(SC(=S)SCc2ccccc2)S1. The van der Waals surface area contributed by atoms with Gasteiger partial charge in [0.25, 0.3) is 0 Å². The van der Waals surface area contributed by atoms with Crippen LogP contribution in [0.15, 0.2) is 121 Å². The van der Waals surface area contributed by atoms with Crippen LogP contribution in [-0.4, -0.2) is 19.6 Å². The molecule has 1 aliphatic heterocycles. The Balaban J connectivity index is 1.29. The van der Waals surface area contributed by atoms with Gasteiger partial charge in [-0.3, -0.25) is 0 Å². The molecule has 0 aliphatic carbocycles. The molecule has 0 saturated carbocycles. The van der Waals surface area contributed by atoms with Gasteiger partial charge in [0, 0.05) is 23.0 Å². The minimum absolute atomic E-state index is 0.346. The van der Waals surface area contributed by atoms with Crippen molar-refractivity contribution in [1.29, 1.82) is 0 Å². The van der Waals surface area contributed by atoms with Crippen LogP contribution >= 0.6 is 166 Å². The molecule has 0 amide bonds. The second-order valence-electron chi connectivity index (χ2n) is 9.71. The molecule has 0 radical (unpaired) electrons. The van der Waals surface area contributed by atoms with Crippen LogP contribution in [0.25, 0.3) is 0 Å². The molecule has 0 N–H and O–H groups in total. The van der Waals surface area contributed by atoms with Crippen LogP contribution in [0.5, 0.6) is 0 Å². The van der Waals surface area contributed by atoms with E-state index in [9.17, 15) is 0 Å². The Hall–Kier alpha value is 0.740. The van der Waals surface area contributed by atoms with Crippen LogP contribution in [-0.2, 0) is 23.0 Å². The Morgan fingerprint density at radius 2 is 0.583 bits per heavy atom. The van der Waals surface area contributed by atoms with Gasteiger partial charge in [-0.25, -0.2) is 0 Å². The van der Waals surface area contributed by atoms with Crippen LogP contribution in [0.1, 0.15) is 22.3 Å². The van der Waals surface area contributed by atoms with Crippen molar-refractivity contribution in [2.75, 3.05) is 0 Å². The molecule has 5 rings (SSSR count). The summed E-state index contributed by atoms with van der Waals surface area (Å²) in [5.41, 5.74) is 5.04. The second kappa shape index (κ2) is 20.8. The normalized spacial score (nSPS) is 14.5. The highest BCUT2D eigenvalue weighted by Crippen LogP contribution is 2.82. The van der Waals surface area contributed by atoms with E-state index in [-0.39, 0.29) is 5.49 Å². The highest BCUT2D eigenvalue weighted by Gasteiger charge is 2.61. The number of thiocarbonyl (C=S) groups is 4. The lowest BCUT2D eigenvalue weighted by atomic mass is 10.2. The summed E-state index contributed by atoms with van der Waals surface area (Å²) in [4.78, 5) is 0. The zero-order valence-electron chi connectivity index (χ0n) is 25.1. The Labute approximate surface area is 348 Å². The van der Waals surface area contributed by atoms with Gasteiger partial charge in [-0.2, -0.15) is 0 Å². The van der Waals surface area contributed by atoms with Crippen molar-refractivity contribution in [1.82, 2.24) is 0 Å². The highest BCUT2D eigenvalue weighted by atomic mass is 32.4. The average Bonchev–Trinajstić information content (AvgIpc) is 3.09. The number of hydrogen-bond acceptors (Lipinski definition) is 14. The van der Waals surface area contributed by atoms with E-state index in [0.717, 1.165) is 37.1 Å². The molecule has 0 spiro atoms. The van der Waals surface area contributed by atoms with E-state index >= 15 is 0 Å². The van der Waals surface area contributed by atoms with Gasteiger partial charge in [0.2, 0.25) is 0 Å². The van der Waals surface area contributed by atoms with Crippen molar-refractivity contribution in [3.63, 3.8) is 0 Å². The van der Waals surface area contributed by atoms with Crippen LogP contribution in [0.3, 0.4) is 0 Å². The van der Waals surface area contributed by atoms with Gasteiger partial charge in [-0.1, -0.05) is 241 Å². The molecule has 4 aromatic rings. The predicted octanol–water partition coefficient (Wildman–Crippen LogP) is 14.5. The minimum atomic E-state index is -0.346. The van der Waals surface area contributed by atoms with Crippen LogP contribution in [0, 0.1) is 0 Å². The maximum Gasteiger partial charge on any atom is 0.170 e. The number of benzene rings is 4. The topological polar surface area (TPSA) is 0 Å². The molecule has 1 aliphatic rings. The van der Waals surface area contributed by atoms with E-state index < -0.39 is 0 Å². The first-order chi connectivity index (χ1) is 23.3. The third-order valence-corrected chi connectivity index (χ3v) is 22.5. The van der Waals surface area contributed by atoms with E-state index in [1.165, 1.54) is 22.3 Å². The standard InChI is InChI=1S/C34H28S14/c35-29(39-21-25-13-5-1-6-14-25)43-33(44-30(36)40-22-26-15-7-2-8-16-26)47-34(48-33,45-31(37)41-23-27-17-9-3-10-18-27)46-32(38)42-24-28-19-11-4-12-20-28/h1-20H,21-24H2. The zero-order chi connectivity index (χ0) is 33.7. The summed E-state index contributed by atoms with van der Waals surface area (Å²) in [6.45, 7) is 0. The largest absolute Gasteiger partial charge is 0.170 e. The smallest absolute Gasteiger partial charge is 0.103 e. The van der Waals surface area contributed by atoms with Crippen molar-refractivity contribution in [2.45, 2.75) is 28.5 Å². The fourth-order valence-electron chi connectivity index (χ4n) is 3.91. The van der Waals surface area contributed by atoms with Gasteiger partial charge >= 0.3 is 0 Å². The van der Waals surface area contributed by atoms with Crippen molar-refractivity contribution in [2.24, 2.45) is 0 Å². The van der Waals surface area contributed by atoms with E-state index in [1.807, 2.05) is 47.8 Å². The van der Waals surface area contributed by atoms with Gasteiger partial charge in [0.15, 0.2) is 5.49 Å². The molecule has 4 aromatic carbocycles. The fourth-order valence-corrected chi connectivity index (χ4v) is 27.9. The molecule has 1 saturated heterocycles. The van der Waals surface area contributed by atoms with E-state index in [4.69, 9.17) is 48.9 Å². The molecule has 1 fully saturated rings. The highest BCUT2D eigenvalue weighted by molar-refractivity contribution is 8.78. The summed E-state index contributed by atoms with van der Waals surface area (Å²) in [5.74, 6) is 3.35. The minimum Gasteiger partial charge on any atom is -0.103 e. The van der Waals surface area contributed by atoms with Gasteiger partial charge in [0.1, 0.15) is 14.1 Å². The maximum atomic E-state index is 6.00. The van der Waals surface area contributed by atoms with Gasteiger partial charge in [0.05, 0.1) is 0 Å². The van der Waals surface area contributed by atoms with Crippen molar-refractivity contribution in [3.8, 4) is 0 Å². The lowest BCUT2D eigenvalue weighted by Crippen LogP contribution is -2.37. The summed E-state index contributed by atoms with van der Waals surface area (Å²) >= 11 is 41.6. The summed E-state index contributed by atoms with van der Waals surface area (Å²) in [6, 6.07) is 41.9. The molecular formula is C34H28S14. The molecule has 14 heteroatoms. The predicted molar refractivity (Wildman–Crippen MR) is 252 cm³/mol. The molecule has 0 bridgehead atoms. The monoisotopic (exact) mass is 884 g/mol. The number of hydrogen-bond donors (Lipinski definition) is 0. The third-order valence-electron chi connectivity index (χ3n) is 6.13. The summed E-state index contributed by atoms with van der Waals surface area (Å²) in [5, 5.41) is 0. The lowest BCUT2D eigenvalue weighted by Gasteiger charge is -2.51. The molecule has 1 heterocycles. The lowest BCUT2D eigenvalue weighted by molar-refractivity contribution is 1.43. The van der Waals surface area contributed by atoms with E-state index in [2.05, 4.69) is 97.1 Å². The maximum absolute atomic E-state index is 6.00. The van der Waals surface area contributed by atoms with Crippen molar-refractivity contribution >= 4 is 181 Å². The van der Waals surface area contributed by atoms with Crippen LogP contribution in [0.2, 0.25) is 0 Å². The number of thioether (sulfide) groups is 10. The quantitative estimate of drug-likeness (QED) is 0.0979. The Morgan fingerprint density at radius 1 is 0.375 bits per heavy atom. The zero-order valence-corrected chi connectivity index (χ0v) is 36.5. The summed E-state index contributed by atoms with van der Waals surface area (Å²) in [6.07, 6.45) is 0. The summed E-state index contributed by atoms with van der Waals surface area (Å²) < 4.78 is 2.95. The molecule has 0 nitrogen and oxygen atoms in total. The fraction of sp³-hybridized carbons (Fsp3) is 0.176. The second-order valence-corrected chi connectivity index (χ2v) is 29.2. The molecule has 48 heavy (non-hydrogen) atoms. The van der Waals surface area contributed by atoms with Gasteiger partial charge in [-0.15, -0.1) is 47.0 Å². The molecule has 0 atom stereocenters. The first kappa shape index (κ1) is 39.9. The van der Waals surface area contributed by atoms with Crippen molar-refractivity contribution in [3.05, 3.63) is 144 Å². The van der Waals surface area contributed by atoms with Gasteiger partial charge in [-0.05, 0) is 22.3 Å². The third kappa shape index (κ3) is 13.6. The molecule has 0 aromatic heterocycles. The summed E-state index contributed by atoms with van der Waals surface area (Å²) in [7, 11) is 0. The van der Waals surface area contributed by atoms with Crippen LogP contribution < -0.4 is 0 Å². The molecule has 0 unspecified atom stereocenters. The molecule has 248 valence electrons. The first-order valence-electron chi connectivity index (χ1n) is 14.3. The van der Waals surface area contributed by atoms with E-state index in [1.54, 1.807) is 94.1 Å². The average molecular weight is 886 g/mol. The Kier molecular flexibility index (Phi) is 17.3. The number of rotatable bonds is 12. The first-order valence-corrected chi connectivity index (χ1v) is 24.8. The van der Waals surface area contributed by atoms with Crippen molar-refractivity contribution < 1.29 is 0 Å². The Bertz CT molecular complexity index is 1400. The van der Waals surface area contributed by atoms with Crippen LogP contribution in [0.4, 0.5) is 0 Å². The van der Waals surface area contributed by atoms with E-state index in [0.29, 0.717) is 0 Å². The van der Waals surface area contributed by atoms with Gasteiger partial charge < -0.3 is 0 Å². The molecular weight excluding hydrogens is 857 g/mol.